The summed E-state index contributed by atoms with van der Waals surface area (Å²) in [6.07, 6.45) is 2.35. The second kappa shape index (κ2) is 7.74. The van der Waals surface area contributed by atoms with Gasteiger partial charge in [0.25, 0.3) is 5.91 Å². The Morgan fingerprint density at radius 2 is 1.82 bits per heavy atom. The number of carbonyl (C=O) groups is 3. The third-order valence-corrected chi connectivity index (χ3v) is 6.15. The minimum Gasteiger partial charge on any atom is -0.388 e. The number of hydrogen-bond donors (Lipinski definition) is 2. The molecule has 2 aromatic carbocycles. The molecule has 164 valence electrons. The summed E-state index contributed by atoms with van der Waals surface area (Å²) in [5.74, 6) is -0.304. The molecule has 1 fully saturated rings. The second-order valence-electron chi connectivity index (χ2n) is 8.95. The van der Waals surface area contributed by atoms with E-state index >= 15 is 0 Å². The molecule has 1 aromatic heterocycles. The maximum atomic E-state index is 13.0. The lowest BCUT2D eigenvalue weighted by Crippen LogP contribution is -2.52. The highest BCUT2D eigenvalue weighted by Crippen LogP contribution is 2.33. The van der Waals surface area contributed by atoms with Crippen molar-refractivity contribution in [1.29, 1.82) is 0 Å². The molecule has 2 aliphatic rings. The molecule has 3 amide bonds. The fourth-order valence-corrected chi connectivity index (χ4v) is 4.46. The Labute approximate surface area is 192 Å². The number of amides is 3. The Morgan fingerprint density at radius 3 is 2.52 bits per heavy atom. The maximum absolute atomic E-state index is 13.0. The molecule has 1 saturated heterocycles. The number of aromatic nitrogens is 2. The van der Waals surface area contributed by atoms with Gasteiger partial charge in [0.15, 0.2) is 15.7 Å². The lowest BCUT2D eigenvalue weighted by atomic mass is 9.73. The average Bonchev–Trinajstić information content (AvgIpc) is 3.37. The number of carbonyl (C=O) groups excluding carboxylic acids is 3. The summed E-state index contributed by atoms with van der Waals surface area (Å²) in [6, 6.07) is 14.5. The van der Waals surface area contributed by atoms with Crippen LogP contribution in [-0.2, 0) is 21.7 Å². The van der Waals surface area contributed by atoms with Gasteiger partial charge in [0.2, 0.25) is 11.8 Å². The molecule has 0 saturated carbocycles. The minimum atomic E-state index is -1.16. The van der Waals surface area contributed by atoms with Gasteiger partial charge < -0.3 is 14.6 Å². The van der Waals surface area contributed by atoms with Crippen LogP contribution in [-0.4, -0.2) is 59.0 Å². The molecule has 0 spiro atoms. The smallest absolute Gasteiger partial charge is 0.255 e. The van der Waals surface area contributed by atoms with E-state index in [1.165, 1.54) is 4.90 Å². The summed E-state index contributed by atoms with van der Waals surface area (Å²) in [7, 11) is 3.40. The van der Waals surface area contributed by atoms with E-state index < -0.39 is 17.5 Å². The van der Waals surface area contributed by atoms with Crippen LogP contribution in [0.15, 0.2) is 54.7 Å². The Balaban J connectivity index is 1.49. The van der Waals surface area contributed by atoms with Crippen molar-refractivity contribution in [2.45, 2.75) is 31.0 Å². The number of hydrogen-bond acceptors (Lipinski definition) is 5. The van der Waals surface area contributed by atoms with E-state index in [1.807, 2.05) is 42.5 Å². The van der Waals surface area contributed by atoms with Gasteiger partial charge >= 0.3 is 0 Å². The van der Waals surface area contributed by atoms with Crippen molar-refractivity contribution in [3.63, 3.8) is 0 Å². The standard InChI is InChI=1S/C23H22B2N4O4/c24-23(25,33)29-12-17(26-20(29)13-4-2-1-3-5-13)14-6-7-16-15(10-14)11-28(22(16)32)18-8-9-19(30)27-21(18)31/h1-7,10,12,18,33H,8-9,11,24-25H2,(H,27,30,31). The van der Waals surface area contributed by atoms with Gasteiger partial charge in [0.05, 0.1) is 11.2 Å². The largest absolute Gasteiger partial charge is 0.388 e. The van der Waals surface area contributed by atoms with Crippen molar-refractivity contribution in [3.05, 3.63) is 65.9 Å². The first-order valence-corrected chi connectivity index (χ1v) is 10.9. The number of piperidine rings is 1. The average molecular weight is 440 g/mol. The van der Waals surface area contributed by atoms with Crippen molar-refractivity contribution >= 4 is 33.4 Å². The van der Waals surface area contributed by atoms with Crippen molar-refractivity contribution in [1.82, 2.24) is 19.8 Å². The van der Waals surface area contributed by atoms with Crippen LogP contribution in [0.3, 0.4) is 0 Å². The molecule has 1 atom stereocenters. The second-order valence-corrected chi connectivity index (χ2v) is 8.95. The zero-order valence-electron chi connectivity index (χ0n) is 18.4. The molecular weight excluding hydrogens is 418 g/mol. The van der Waals surface area contributed by atoms with Gasteiger partial charge in [-0.15, -0.1) is 0 Å². The number of nitrogens with zero attached hydrogens (tertiary/aromatic N) is 3. The maximum Gasteiger partial charge on any atom is 0.255 e. The van der Waals surface area contributed by atoms with Gasteiger partial charge in [-0.25, -0.2) is 4.98 Å². The molecule has 0 aliphatic carbocycles. The summed E-state index contributed by atoms with van der Waals surface area (Å²) in [5, 5.41) is 13.0. The normalized spacial score (nSPS) is 18.4. The van der Waals surface area contributed by atoms with Crippen LogP contribution in [0, 0.1) is 0 Å². The van der Waals surface area contributed by atoms with Crippen molar-refractivity contribution in [3.8, 4) is 22.6 Å². The quantitative estimate of drug-likeness (QED) is 0.433. The number of nitrogens with one attached hydrogen (secondary N) is 1. The molecule has 3 heterocycles. The molecular formula is C23H22B2N4O4. The molecule has 5 rings (SSSR count). The Kier molecular flexibility index (Phi) is 4.97. The topological polar surface area (TPSA) is 105 Å². The molecule has 8 nitrogen and oxygen atoms in total. The molecule has 2 aliphatic heterocycles. The SMILES string of the molecule is BC(B)(O)n1cc(-c2ccc3c(c2)CN(C2CCC(=O)NC2=O)C3=O)nc1-c1ccccc1. The molecule has 3 aromatic rings. The first-order chi connectivity index (χ1) is 15.7. The molecule has 0 radical (unpaired) electrons. The molecule has 0 bridgehead atoms. The van der Waals surface area contributed by atoms with E-state index in [4.69, 9.17) is 4.98 Å². The predicted octanol–water partition coefficient (Wildman–Crippen LogP) is -0.196. The third-order valence-electron chi connectivity index (χ3n) is 6.15. The van der Waals surface area contributed by atoms with Crippen molar-refractivity contribution in [2.75, 3.05) is 0 Å². The zero-order chi connectivity index (χ0) is 23.3. The minimum absolute atomic E-state index is 0.210. The van der Waals surface area contributed by atoms with Crippen LogP contribution in [0.25, 0.3) is 22.6 Å². The first-order valence-electron chi connectivity index (χ1n) is 10.9. The van der Waals surface area contributed by atoms with Crippen LogP contribution >= 0.6 is 0 Å². The fraction of sp³-hybridized carbons (Fsp3) is 0.217. The van der Waals surface area contributed by atoms with Crippen LogP contribution in [0.2, 0.25) is 0 Å². The Hall–Kier alpha value is -3.65. The number of imide groups is 1. The van der Waals surface area contributed by atoms with Crippen LogP contribution < -0.4 is 5.32 Å². The third kappa shape index (κ3) is 3.76. The number of fused-ring (bicyclic) bond motifs is 1. The fourth-order valence-electron chi connectivity index (χ4n) is 4.46. The number of aliphatic hydroxyl groups is 1. The van der Waals surface area contributed by atoms with Gasteiger partial charge in [0.1, 0.15) is 11.9 Å². The monoisotopic (exact) mass is 440 g/mol. The molecule has 1 unspecified atom stereocenters. The van der Waals surface area contributed by atoms with Crippen molar-refractivity contribution in [2.24, 2.45) is 0 Å². The van der Waals surface area contributed by atoms with E-state index in [9.17, 15) is 19.5 Å². The highest BCUT2D eigenvalue weighted by Gasteiger charge is 2.39. The van der Waals surface area contributed by atoms with Gasteiger partial charge in [-0.2, -0.15) is 0 Å². The lowest BCUT2D eigenvalue weighted by molar-refractivity contribution is -0.136. The lowest BCUT2D eigenvalue weighted by Gasteiger charge is -2.29. The summed E-state index contributed by atoms with van der Waals surface area (Å²) >= 11 is 0. The van der Waals surface area contributed by atoms with E-state index in [1.54, 1.807) is 32.5 Å². The van der Waals surface area contributed by atoms with E-state index in [0.717, 1.165) is 16.7 Å². The van der Waals surface area contributed by atoms with E-state index in [2.05, 4.69) is 5.32 Å². The molecule has 10 heteroatoms. The van der Waals surface area contributed by atoms with Crippen LogP contribution in [0.5, 0.6) is 0 Å². The van der Waals surface area contributed by atoms with Gasteiger partial charge in [-0.05, 0) is 24.1 Å². The Morgan fingerprint density at radius 1 is 1.06 bits per heavy atom. The molecule has 2 N–H and O–H groups in total. The summed E-state index contributed by atoms with van der Waals surface area (Å²) in [5.41, 5.74) is 2.56. The number of benzene rings is 2. The van der Waals surface area contributed by atoms with Crippen LogP contribution in [0.4, 0.5) is 0 Å². The summed E-state index contributed by atoms with van der Waals surface area (Å²) < 4.78 is 1.73. The zero-order valence-corrected chi connectivity index (χ0v) is 18.4. The number of rotatable bonds is 4. The highest BCUT2D eigenvalue weighted by atomic mass is 16.3. The van der Waals surface area contributed by atoms with Gasteiger partial charge in [-0.1, -0.05) is 36.4 Å². The van der Waals surface area contributed by atoms with Gasteiger partial charge in [-0.3, -0.25) is 19.7 Å². The van der Waals surface area contributed by atoms with Crippen molar-refractivity contribution < 1.29 is 19.5 Å². The van der Waals surface area contributed by atoms with Gasteiger partial charge in [0, 0.05) is 35.9 Å². The van der Waals surface area contributed by atoms with E-state index in [-0.39, 0.29) is 18.2 Å². The van der Waals surface area contributed by atoms with E-state index in [0.29, 0.717) is 30.0 Å². The highest BCUT2D eigenvalue weighted by molar-refractivity contribution is 6.36. The Bertz CT molecular complexity index is 1280. The summed E-state index contributed by atoms with van der Waals surface area (Å²) in [4.78, 5) is 43.0. The summed E-state index contributed by atoms with van der Waals surface area (Å²) in [6.45, 7) is 0.298. The molecule has 33 heavy (non-hydrogen) atoms. The number of imidazole rings is 1. The first kappa shape index (κ1) is 21.2. The predicted molar refractivity (Wildman–Crippen MR) is 126 cm³/mol. The van der Waals surface area contributed by atoms with Crippen LogP contribution in [0.1, 0.15) is 28.8 Å².